The zero-order valence-corrected chi connectivity index (χ0v) is 18.4. The molecule has 0 spiro atoms. The molecular weight excluding hydrogens is 408 g/mol. The Hall–Kier alpha value is -2.91. The number of carbonyl (C=O) groups excluding carboxylic acids is 2. The molecule has 8 nitrogen and oxygen atoms in total. The number of anilines is 1. The number of carbonyl (C=O) groups is 2. The highest BCUT2D eigenvalue weighted by Gasteiger charge is 2.23. The van der Waals surface area contributed by atoms with Gasteiger partial charge in [0, 0.05) is 11.7 Å². The molecule has 2 aromatic rings. The van der Waals surface area contributed by atoms with Crippen molar-refractivity contribution in [3.63, 3.8) is 0 Å². The number of ether oxygens (including phenoxy) is 2. The predicted octanol–water partition coefficient (Wildman–Crippen LogP) is 2.79. The van der Waals surface area contributed by atoms with Crippen molar-refractivity contribution in [1.29, 1.82) is 0 Å². The van der Waals surface area contributed by atoms with Crippen molar-refractivity contribution in [3.8, 4) is 5.75 Å². The highest BCUT2D eigenvalue weighted by atomic mass is 32.2. The average Bonchev–Trinajstić information content (AvgIpc) is 2.67. The van der Waals surface area contributed by atoms with Crippen molar-refractivity contribution >= 4 is 27.6 Å². The van der Waals surface area contributed by atoms with E-state index in [0.717, 1.165) is 17.2 Å². The van der Waals surface area contributed by atoms with E-state index in [4.69, 9.17) is 9.47 Å². The Balaban J connectivity index is 2.13. The van der Waals surface area contributed by atoms with Crippen LogP contribution in [0.5, 0.6) is 5.75 Å². The maximum absolute atomic E-state index is 12.5. The number of benzene rings is 2. The van der Waals surface area contributed by atoms with E-state index in [9.17, 15) is 18.0 Å². The second-order valence-electron chi connectivity index (χ2n) is 7.03. The van der Waals surface area contributed by atoms with Gasteiger partial charge in [-0.05, 0) is 57.0 Å². The summed E-state index contributed by atoms with van der Waals surface area (Å²) in [4.78, 5) is 24.4. The lowest BCUT2D eigenvalue weighted by Gasteiger charge is -2.14. The summed E-state index contributed by atoms with van der Waals surface area (Å²) in [6.45, 7) is 6.57. The highest BCUT2D eigenvalue weighted by Crippen LogP contribution is 2.25. The van der Waals surface area contributed by atoms with Crippen LogP contribution in [0.25, 0.3) is 0 Å². The fraction of sp³-hybridized carbons (Fsp3) is 0.333. The summed E-state index contributed by atoms with van der Waals surface area (Å²) in [5, 5.41) is 2.72. The third-order valence-corrected chi connectivity index (χ3v) is 5.84. The van der Waals surface area contributed by atoms with Gasteiger partial charge in [-0.3, -0.25) is 4.79 Å². The number of rotatable bonds is 8. The van der Waals surface area contributed by atoms with Crippen LogP contribution < -0.4 is 14.8 Å². The number of methoxy groups -OCH3 is 1. The molecule has 2 aromatic carbocycles. The lowest BCUT2D eigenvalue weighted by molar-refractivity contribution is -0.119. The van der Waals surface area contributed by atoms with E-state index in [1.54, 1.807) is 13.8 Å². The van der Waals surface area contributed by atoms with Gasteiger partial charge >= 0.3 is 5.97 Å². The first-order valence-electron chi connectivity index (χ1n) is 9.28. The van der Waals surface area contributed by atoms with Gasteiger partial charge in [0.15, 0.2) is 6.61 Å². The number of para-hydroxylation sites is 1. The van der Waals surface area contributed by atoms with Crippen LogP contribution in [0.1, 0.15) is 35.3 Å². The van der Waals surface area contributed by atoms with Crippen LogP contribution in [0, 0.1) is 13.8 Å². The first-order valence-corrected chi connectivity index (χ1v) is 10.8. The van der Waals surface area contributed by atoms with E-state index in [0.29, 0.717) is 5.69 Å². The van der Waals surface area contributed by atoms with Crippen molar-refractivity contribution in [2.45, 2.75) is 38.6 Å². The van der Waals surface area contributed by atoms with E-state index >= 15 is 0 Å². The van der Waals surface area contributed by atoms with Crippen molar-refractivity contribution in [2.75, 3.05) is 19.0 Å². The Labute approximate surface area is 176 Å². The lowest BCUT2D eigenvalue weighted by Crippen LogP contribution is -2.30. The predicted molar refractivity (Wildman–Crippen MR) is 113 cm³/mol. The molecule has 1 amide bonds. The van der Waals surface area contributed by atoms with Crippen molar-refractivity contribution in [1.82, 2.24) is 4.72 Å². The van der Waals surface area contributed by atoms with Crippen LogP contribution in [0.15, 0.2) is 41.3 Å². The minimum absolute atomic E-state index is 0.0141. The van der Waals surface area contributed by atoms with Gasteiger partial charge in [-0.1, -0.05) is 18.2 Å². The normalized spacial score (nSPS) is 11.3. The van der Waals surface area contributed by atoms with Crippen molar-refractivity contribution in [2.24, 2.45) is 0 Å². The molecule has 0 unspecified atom stereocenters. The summed E-state index contributed by atoms with van der Waals surface area (Å²) >= 11 is 0. The molecular formula is C21H26N2O6S. The number of amides is 1. The molecule has 162 valence electrons. The standard InChI is InChI=1S/C21H26N2O6S/c1-13(2)23-30(26,27)18-11-16(9-10-17(18)28-5)21(25)29-12-19(24)22-20-14(3)7-6-8-15(20)4/h6-11,13,23H,12H2,1-5H3,(H,22,24). The van der Waals surface area contributed by atoms with Crippen LogP contribution in [-0.2, 0) is 19.6 Å². The maximum atomic E-state index is 12.5. The summed E-state index contributed by atoms with van der Waals surface area (Å²) in [5.41, 5.74) is 2.42. The minimum Gasteiger partial charge on any atom is -0.495 e. The van der Waals surface area contributed by atoms with Crippen molar-refractivity contribution in [3.05, 3.63) is 53.1 Å². The average molecular weight is 435 g/mol. The van der Waals surface area contributed by atoms with Gasteiger partial charge in [-0.25, -0.2) is 17.9 Å². The molecule has 0 bridgehead atoms. The molecule has 0 saturated heterocycles. The van der Waals surface area contributed by atoms with E-state index in [2.05, 4.69) is 10.0 Å². The molecule has 0 aliphatic carbocycles. The zero-order chi connectivity index (χ0) is 22.5. The Morgan fingerprint density at radius 3 is 2.27 bits per heavy atom. The van der Waals surface area contributed by atoms with Crippen LogP contribution >= 0.6 is 0 Å². The molecule has 0 radical (unpaired) electrons. The van der Waals surface area contributed by atoms with Gasteiger partial charge in [-0.15, -0.1) is 0 Å². The topological polar surface area (TPSA) is 111 Å². The van der Waals surface area contributed by atoms with Gasteiger partial charge in [-0.2, -0.15) is 0 Å². The summed E-state index contributed by atoms with van der Waals surface area (Å²) in [7, 11) is -2.57. The van der Waals surface area contributed by atoms with Crippen LogP contribution in [-0.4, -0.2) is 40.1 Å². The molecule has 0 atom stereocenters. The van der Waals surface area contributed by atoms with Gasteiger partial charge in [0.25, 0.3) is 5.91 Å². The van der Waals surface area contributed by atoms with Crippen LogP contribution in [0.3, 0.4) is 0 Å². The fourth-order valence-corrected chi connectivity index (χ4v) is 4.23. The van der Waals surface area contributed by atoms with Crippen molar-refractivity contribution < 1.29 is 27.5 Å². The van der Waals surface area contributed by atoms with Gasteiger partial charge < -0.3 is 14.8 Å². The third kappa shape index (κ3) is 5.80. The van der Waals surface area contributed by atoms with E-state index in [1.807, 2.05) is 32.0 Å². The summed E-state index contributed by atoms with van der Waals surface area (Å²) in [6.07, 6.45) is 0. The molecule has 9 heteroatoms. The second-order valence-corrected chi connectivity index (χ2v) is 8.72. The summed E-state index contributed by atoms with van der Waals surface area (Å²) in [6, 6.07) is 9.15. The molecule has 0 aromatic heterocycles. The molecule has 0 aliphatic rings. The number of hydrogen-bond acceptors (Lipinski definition) is 6. The van der Waals surface area contributed by atoms with Crippen LogP contribution in [0.2, 0.25) is 0 Å². The van der Waals surface area contributed by atoms with E-state index in [-0.39, 0.29) is 22.3 Å². The van der Waals surface area contributed by atoms with E-state index < -0.39 is 28.5 Å². The fourth-order valence-electron chi connectivity index (χ4n) is 2.79. The zero-order valence-electron chi connectivity index (χ0n) is 17.6. The third-order valence-electron chi connectivity index (χ3n) is 4.16. The molecule has 30 heavy (non-hydrogen) atoms. The minimum atomic E-state index is -3.90. The second kappa shape index (κ2) is 9.73. The molecule has 2 N–H and O–H groups in total. The molecule has 2 rings (SSSR count). The largest absolute Gasteiger partial charge is 0.495 e. The first-order chi connectivity index (χ1) is 14.0. The first kappa shape index (κ1) is 23.4. The Bertz CT molecular complexity index is 1030. The summed E-state index contributed by atoms with van der Waals surface area (Å²) < 4.78 is 37.6. The van der Waals surface area contributed by atoms with E-state index in [1.165, 1.54) is 19.2 Å². The SMILES string of the molecule is COc1ccc(C(=O)OCC(=O)Nc2c(C)cccc2C)cc1S(=O)(=O)NC(C)C. The summed E-state index contributed by atoms with van der Waals surface area (Å²) in [5.74, 6) is -1.23. The number of sulfonamides is 1. The Morgan fingerprint density at radius 1 is 1.07 bits per heavy atom. The Kier molecular flexibility index (Phi) is 7.58. The quantitative estimate of drug-likeness (QED) is 0.618. The molecule has 0 heterocycles. The smallest absolute Gasteiger partial charge is 0.338 e. The van der Waals surface area contributed by atoms with Gasteiger partial charge in [0.2, 0.25) is 10.0 Å². The number of hydrogen-bond donors (Lipinski definition) is 2. The van der Waals surface area contributed by atoms with Gasteiger partial charge in [0.1, 0.15) is 10.6 Å². The Morgan fingerprint density at radius 2 is 1.70 bits per heavy atom. The number of nitrogens with one attached hydrogen (secondary N) is 2. The maximum Gasteiger partial charge on any atom is 0.338 e. The van der Waals surface area contributed by atoms with Crippen LogP contribution in [0.4, 0.5) is 5.69 Å². The molecule has 0 saturated carbocycles. The number of esters is 1. The highest BCUT2D eigenvalue weighted by molar-refractivity contribution is 7.89. The monoisotopic (exact) mass is 434 g/mol. The lowest BCUT2D eigenvalue weighted by atomic mass is 10.1. The van der Waals surface area contributed by atoms with Gasteiger partial charge in [0.05, 0.1) is 12.7 Å². The number of aryl methyl sites for hydroxylation is 2. The molecule has 0 fully saturated rings. The molecule has 0 aliphatic heterocycles.